The van der Waals surface area contributed by atoms with E-state index in [0.29, 0.717) is 5.13 Å². The van der Waals surface area contributed by atoms with E-state index in [4.69, 9.17) is 10.5 Å². The van der Waals surface area contributed by atoms with Gasteiger partial charge in [0, 0.05) is 11.6 Å². The number of nitrogens with one attached hydrogen (secondary N) is 1. The van der Waals surface area contributed by atoms with Crippen LogP contribution in [0.2, 0.25) is 0 Å². The average Bonchev–Trinajstić information content (AvgIpc) is 3.02. The second-order valence-electron chi connectivity index (χ2n) is 5.67. The normalized spacial score (nSPS) is 11.0. The van der Waals surface area contributed by atoms with Crippen LogP contribution >= 0.6 is 11.3 Å². The summed E-state index contributed by atoms with van der Waals surface area (Å²) in [5.74, 6) is -0.789. The zero-order chi connectivity index (χ0) is 20.3. The first kappa shape index (κ1) is 19.0. The van der Waals surface area contributed by atoms with Crippen molar-refractivity contribution in [2.24, 2.45) is 5.10 Å². The highest BCUT2D eigenvalue weighted by molar-refractivity contribution is 7.22. The summed E-state index contributed by atoms with van der Waals surface area (Å²) < 4.78 is 5.78. The number of hydrogen-bond acceptors (Lipinski definition) is 9. The number of fused-ring (bicyclic) bond motifs is 1. The molecule has 0 saturated carbocycles. The molecule has 0 spiro atoms. The molecule has 1 heterocycles. The van der Waals surface area contributed by atoms with Gasteiger partial charge in [0.05, 0.1) is 41.0 Å². The first-order valence-corrected chi connectivity index (χ1v) is 8.71. The Morgan fingerprint density at radius 2 is 2.25 bits per heavy atom. The number of ether oxygens (including phenoxy) is 1. The third-order valence-electron chi connectivity index (χ3n) is 3.75. The van der Waals surface area contributed by atoms with E-state index in [2.05, 4.69) is 15.5 Å². The lowest BCUT2D eigenvalue weighted by molar-refractivity contribution is -0.385. The quantitative estimate of drug-likeness (QED) is 0.325. The molecule has 4 N–H and O–H groups in total. The molecule has 10 nitrogen and oxygen atoms in total. The molecule has 0 saturated heterocycles. The minimum absolute atomic E-state index is 0.0351. The van der Waals surface area contributed by atoms with E-state index in [1.165, 1.54) is 18.4 Å². The molecular formula is C17H15N5O5S. The lowest BCUT2D eigenvalue weighted by atomic mass is 10.1. The van der Waals surface area contributed by atoms with Crippen LogP contribution in [0.25, 0.3) is 10.2 Å². The molecule has 1 aromatic heterocycles. The number of nitrogens with zero attached hydrogens (tertiary/aromatic N) is 3. The highest BCUT2D eigenvalue weighted by Gasteiger charge is 2.16. The summed E-state index contributed by atoms with van der Waals surface area (Å²) >= 11 is 1.33. The monoisotopic (exact) mass is 401 g/mol. The Balaban J connectivity index is 1.70. The molecular weight excluding hydrogens is 386 g/mol. The number of non-ortho nitro benzene ring substituents is 1. The summed E-state index contributed by atoms with van der Waals surface area (Å²) in [6.45, 7) is 0. The molecule has 0 fully saturated rings. The summed E-state index contributed by atoms with van der Waals surface area (Å²) in [5, 5.41) is 25.2. The molecule has 144 valence electrons. The highest BCUT2D eigenvalue weighted by atomic mass is 32.1. The number of aromatic hydroxyl groups is 1. The van der Waals surface area contributed by atoms with Crippen LogP contribution in [-0.4, -0.2) is 34.2 Å². The number of phenols is 1. The van der Waals surface area contributed by atoms with Gasteiger partial charge in [0.25, 0.3) is 5.69 Å². The van der Waals surface area contributed by atoms with Gasteiger partial charge in [0.15, 0.2) is 16.6 Å². The van der Waals surface area contributed by atoms with Gasteiger partial charge in [-0.15, -0.1) is 0 Å². The van der Waals surface area contributed by atoms with Crippen molar-refractivity contribution in [1.82, 2.24) is 10.4 Å². The molecule has 2 aromatic carbocycles. The number of amides is 1. The standard InChI is InChI=1S/C17H15N5O5S/c1-27-13-7-11(22(25)26)6-10(16(13)24)8-19-21-15(23)5-9-2-3-12-14(4-9)28-17(18)20-12/h2-4,6-8,24H,5H2,1H3,(H2,18,20)(H,21,23)/b19-8-. The van der Waals surface area contributed by atoms with Crippen LogP contribution in [0.15, 0.2) is 35.4 Å². The van der Waals surface area contributed by atoms with Gasteiger partial charge in [0.2, 0.25) is 5.91 Å². The van der Waals surface area contributed by atoms with E-state index >= 15 is 0 Å². The fourth-order valence-corrected chi connectivity index (χ4v) is 3.27. The Morgan fingerprint density at radius 3 is 2.96 bits per heavy atom. The molecule has 0 bridgehead atoms. The summed E-state index contributed by atoms with van der Waals surface area (Å²) in [5.41, 5.74) is 9.25. The summed E-state index contributed by atoms with van der Waals surface area (Å²) in [6.07, 6.45) is 1.17. The number of anilines is 1. The SMILES string of the molecule is COc1cc([N+](=O)[O-])cc(/C=N\NC(=O)Cc2ccc3nc(N)sc3c2)c1O. The van der Waals surface area contributed by atoms with Crippen molar-refractivity contribution in [2.75, 3.05) is 12.8 Å². The number of methoxy groups -OCH3 is 1. The Bertz CT molecular complexity index is 1090. The number of phenolic OH excluding ortho intramolecular Hbond substituents is 1. The molecule has 0 unspecified atom stereocenters. The first-order chi connectivity index (χ1) is 13.4. The number of aromatic nitrogens is 1. The molecule has 0 aliphatic heterocycles. The van der Waals surface area contributed by atoms with Gasteiger partial charge in [-0.1, -0.05) is 17.4 Å². The van der Waals surface area contributed by atoms with Crippen molar-refractivity contribution in [3.8, 4) is 11.5 Å². The average molecular weight is 401 g/mol. The topological polar surface area (TPSA) is 153 Å². The third kappa shape index (κ3) is 4.15. The molecule has 0 atom stereocenters. The molecule has 1 amide bonds. The van der Waals surface area contributed by atoms with Crippen LogP contribution in [0.1, 0.15) is 11.1 Å². The number of nitro groups is 1. The summed E-state index contributed by atoms with van der Waals surface area (Å²) in [7, 11) is 1.27. The number of nitrogen functional groups attached to an aromatic ring is 1. The number of hydrazone groups is 1. The van der Waals surface area contributed by atoms with Crippen LogP contribution in [0.4, 0.5) is 10.8 Å². The number of benzene rings is 2. The Kier molecular flexibility index (Phi) is 5.36. The van der Waals surface area contributed by atoms with Crippen molar-refractivity contribution >= 4 is 44.5 Å². The largest absolute Gasteiger partial charge is 0.504 e. The van der Waals surface area contributed by atoms with Crippen LogP contribution in [0.5, 0.6) is 11.5 Å². The van der Waals surface area contributed by atoms with Crippen molar-refractivity contribution < 1.29 is 19.6 Å². The highest BCUT2D eigenvalue weighted by Crippen LogP contribution is 2.33. The number of rotatable bonds is 6. The number of carbonyl (C=O) groups excluding carboxylic acids is 1. The van der Waals surface area contributed by atoms with Gasteiger partial charge >= 0.3 is 0 Å². The fourth-order valence-electron chi connectivity index (χ4n) is 2.47. The minimum atomic E-state index is -0.625. The maximum absolute atomic E-state index is 12.1. The Labute approximate surface area is 162 Å². The van der Waals surface area contributed by atoms with Gasteiger partial charge in [-0.3, -0.25) is 14.9 Å². The smallest absolute Gasteiger partial charge is 0.274 e. The molecule has 3 aromatic rings. The Hall–Kier alpha value is -3.73. The van der Waals surface area contributed by atoms with Gasteiger partial charge < -0.3 is 15.6 Å². The number of nitrogens with two attached hydrogens (primary N) is 1. The van der Waals surface area contributed by atoms with Crippen molar-refractivity contribution in [3.05, 3.63) is 51.6 Å². The van der Waals surface area contributed by atoms with Crippen molar-refractivity contribution in [1.29, 1.82) is 0 Å². The van der Waals surface area contributed by atoms with Crippen molar-refractivity contribution in [2.45, 2.75) is 6.42 Å². The zero-order valence-electron chi connectivity index (χ0n) is 14.6. The van der Waals surface area contributed by atoms with Crippen molar-refractivity contribution in [3.63, 3.8) is 0 Å². The predicted molar refractivity (Wildman–Crippen MR) is 105 cm³/mol. The Morgan fingerprint density at radius 1 is 1.46 bits per heavy atom. The first-order valence-electron chi connectivity index (χ1n) is 7.89. The van der Waals surface area contributed by atoms with Gasteiger partial charge in [-0.05, 0) is 17.7 Å². The molecule has 28 heavy (non-hydrogen) atoms. The third-order valence-corrected chi connectivity index (χ3v) is 4.59. The van der Waals surface area contributed by atoms with Crippen LogP contribution < -0.4 is 15.9 Å². The molecule has 11 heteroatoms. The van der Waals surface area contributed by atoms with Gasteiger partial charge in [0.1, 0.15) is 0 Å². The van der Waals surface area contributed by atoms with E-state index in [1.54, 1.807) is 12.1 Å². The maximum atomic E-state index is 12.1. The second-order valence-corrected chi connectivity index (χ2v) is 6.73. The van der Waals surface area contributed by atoms with Gasteiger partial charge in [-0.25, -0.2) is 10.4 Å². The van der Waals surface area contributed by atoms with E-state index in [9.17, 15) is 20.0 Å². The van der Waals surface area contributed by atoms with Crippen LogP contribution in [-0.2, 0) is 11.2 Å². The lowest BCUT2D eigenvalue weighted by Gasteiger charge is -2.06. The molecule has 0 radical (unpaired) electrons. The lowest BCUT2D eigenvalue weighted by Crippen LogP contribution is -2.19. The molecule has 0 aliphatic rings. The van der Waals surface area contributed by atoms with E-state index in [1.807, 2.05) is 6.07 Å². The minimum Gasteiger partial charge on any atom is -0.504 e. The van der Waals surface area contributed by atoms with E-state index < -0.39 is 10.8 Å². The number of nitro benzene ring substituents is 1. The molecule has 0 aliphatic carbocycles. The van der Waals surface area contributed by atoms with Crippen LogP contribution in [0.3, 0.4) is 0 Å². The van der Waals surface area contributed by atoms with E-state index in [0.717, 1.165) is 34.1 Å². The van der Waals surface area contributed by atoms with Crippen LogP contribution in [0, 0.1) is 10.1 Å². The second kappa shape index (κ2) is 7.88. The number of thiazole rings is 1. The maximum Gasteiger partial charge on any atom is 0.274 e. The summed E-state index contributed by atoms with van der Waals surface area (Å²) in [6, 6.07) is 7.58. The summed E-state index contributed by atoms with van der Waals surface area (Å²) in [4.78, 5) is 26.5. The number of carbonyl (C=O) groups is 1. The predicted octanol–water partition coefficient (Wildman–Crippen LogP) is 2.19. The zero-order valence-corrected chi connectivity index (χ0v) is 15.4. The molecule has 3 rings (SSSR count). The van der Waals surface area contributed by atoms with Gasteiger partial charge in [-0.2, -0.15) is 5.10 Å². The number of hydrogen-bond donors (Lipinski definition) is 3. The fraction of sp³-hybridized carbons (Fsp3) is 0.118. The van der Waals surface area contributed by atoms with E-state index in [-0.39, 0.29) is 29.2 Å².